The Morgan fingerprint density at radius 2 is 1.59 bits per heavy atom. The number of aromatic nitrogens is 3. The third-order valence-corrected chi connectivity index (χ3v) is 4.60. The van der Waals surface area contributed by atoms with Crippen LogP contribution in [-0.4, -0.2) is 60.8 Å². The largest absolute Gasteiger partial charge is 0.619 e. The zero-order chi connectivity index (χ0) is 28.1. The number of carboxylic acid groups (broad SMARTS) is 4. The van der Waals surface area contributed by atoms with Gasteiger partial charge in [0.1, 0.15) is 11.6 Å². The van der Waals surface area contributed by atoms with Crippen LogP contribution < -0.4 is 10.0 Å². The Hall–Kier alpha value is -4.66. The average molecular weight is 583 g/mol. The minimum Gasteiger partial charge on any atom is -0.619 e. The van der Waals surface area contributed by atoms with Gasteiger partial charge in [-0.2, -0.15) is 4.73 Å². The van der Waals surface area contributed by atoms with Gasteiger partial charge in [-0.05, 0) is 53.5 Å². The molecule has 0 amide bonds. The van der Waals surface area contributed by atoms with Crippen LogP contribution in [0, 0.1) is 17.9 Å². The molecule has 3 rings (SSSR count). The van der Waals surface area contributed by atoms with Crippen molar-refractivity contribution in [3.8, 4) is 11.4 Å². The number of nitrogens with zero attached hydrogens (tertiary/aromatic N) is 3. The van der Waals surface area contributed by atoms with Gasteiger partial charge >= 0.3 is 23.9 Å². The summed E-state index contributed by atoms with van der Waals surface area (Å²) in [7, 11) is 0. The summed E-state index contributed by atoms with van der Waals surface area (Å²) in [5, 5.41) is 44.1. The predicted molar refractivity (Wildman–Crippen MR) is 128 cm³/mol. The van der Waals surface area contributed by atoms with E-state index in [1.807, 2.05) is 19.1 Å². The number of hydrogen-bond acceptors (Lipinski definition) is 8. The van der Waals surface area contributed by atoms with Gasteiger partial charge in [-0.3, -0.25) is 0 Å². The zero-order valence-electron chi connectivity index (χ0n) is 19.0. The second-order valence-electron chi connectivity index (χ2n) is 6.82. The van der Waals surface area contributed by atoms with Gasteiger partial charge in [0.05, 0.1) is 4.47 Å². The maximum absolute atomic E-state index is 13.7. The van der Waals surface area contributed by atoms with Crippen LogP contribution in [0.5, 0.6) is 0 Å². The maximum atomic E-state index is 13.7. The molecular weight excluding hydrogens is 563 g/mol. The molecule has 2 aromatic heterocycles. The highest BCUT2D eigenvalue weighted by atomic mass is 79.9. The molecule has 2 heterocycles. The lowest BCUT2D eigenvalue weighted by Crippen LogP contribution is -2.25. The van der Waals surface area contributed by atoms with Crippen LogP contribution >= 0.6 is 15.9 Å². The number of carboxylic acids is 4. The van der Waals surface area contributed by atoms with E-state index in [1.165, 1.54) is 12.3 Å². The molecule has 0 radical (unpaired) electrons. The second kappa shape index (κ2) is 14.7. The molecule has 0 spiro atoms. The molecule has 0 saturated heterocycles. The minimum absolute atomic E-state index is 0.355. The van der Waals surface area contributed by atoms with E-state index in [0.29, 0.717) is 34.6 Å². The molecule has 3 aromatic rings. The van der Waals surface area contributed by atoms with Crippen molar-refractivity contribution in [1.82, 2.24) is 9.97 Å². The smallest absolute Gasteiger partial charge is 0.414 e. The van der Waals surface area contributed by atoms with E-state index in [4.69, 9.17) is 39.6 Å². The first-order chi connectivity index (χ1) is 17.3. The number of benzene rings is 1. The van der Waals surface area contributed by atoms with Gasteiger partial charge in [0.25, 0.3) is 0 Å². The fourth-order valence-corrected chi connectivity index (χ4v) is 2.65. The lowest BCUT2D eigenvalue weighted by molar-refractivity contribution is -0.605. The molecule has 0 aliphatic rings. The van der Waals surface area contributed by atoms with Gasteiger partial charge in [-0.15, -0.1) is 0 Å². The number of aliphatic carboxylic acids is 4. The molecule has 0 unspecified atom stereocenters. The molecular formula is C22H20BrFN4O9. The Balaban J connectivity index is 0.000000476. The van der Waals surface area contributed by atoms with E-state index in [1.54, 1.807) is 24.4 Å². The second-order valence-corrected chi connectivity index (χ2v) is 7.67. The molecule has 15 heteroatoms. The van der Waals surface area contributed by atoms with E-state index in [9.17, 15) is 9.60 Å². The fourth-order valence-electron chi connectivity index (χ4n) is 2.41. The lowest BCUT2D eigenvalue weighted by Gasteiger charge is -2.09. The zero-order valence-corrected chi connectivity index (χ0v) is 20.5. The molecule has 0 fully saturated rings. The van der Waals surface area contributed by atoms with Crippen LogP contribution in [0.2, 0.25) is 0 Å². The van der Waals surface area contributed by atoms with Gasteiger partial charge in [0.15, 0.2) is 18.2 Å². The number of halogens is 2. The summed E-state index contributed by atoms with van der Waals surface area (Å²) in [6, 6.07) is 10.3. The maximum Gasteiger partial charge on any atom is 0.414 e. The van der Waals surface area contributed by atoms with Crippen molar-refractivity contribution < 1.29 is 48.7 Å². The number of carbonyl (C=O) groups is 4. The number of aryl methyl sites for hydroxylation is 1. The van der Waals surface area contributed by atoms with Gasteiger partial charge in [0, 0.05) is 35.5 Å². The van der Waals surface area contributed by atoms with Gasteiger partial charge < -0.3 is 31.0 Å². The van der Waals surface area contributed by atoms with Crippen LogP contribution in [0.4, 0.5) is 10.2 Å². The average Bonchev–Trinajstić information content (AvgIpc) is 2.81. The first-order valence-corrected chi connectivity index (χ1v) is 10.7. The van der Waals surface area contributed by atoms with E-state index in [-0.39, 0.29) is 5.82 Å². The third-order valence-electron chi connectivity index (χ3n) is 3.95. The number of rotatable bonds is 5. The number of pyridine rings is 1. The Bertz CT molecular complexity index is 1240. The van der Waals surface area contributed by atoms with Crippen molar-refractivity contribution in [1.29, 1.82) is 0 Å². The van der Waals surface area contributed by atoms with Crippen molar-refractivity contribution in [2.24, 2.45) is 0 Å². The normalized spacial score (nSPS) is 9.59. The van der Waals surface area contributed by atoms with E-state index in [0.717, 1.165) is 16.0 Å². The van der Waals surface area contributed by atoms with Crippen molar-refractivity contribution in [3.63, 3.8) is 0 Å². The number of anilines is 1. The third kappa shape index (κ3) is 11.5. The summed E-state index contributed by atoms with van der Waals surface area (Å²) in [5.41, 5.74) is 2.34. The molecule has 37 heavy (non-hydrogen) atoms. The summed E-state index contributed by atoms with van der Waals surface area (Å²) in [6.45, 7) is 2.48. The quantitative estimate of drug-likeness (QED) is 0.166. The van der Waals surface area contributed by atoms with Crippen LogP contribution in [0.25, 0.3) is 11.4 Å². The number of nitrogens with one attached hydrogen (secondary N) is 1. The first kappa shape index (κ1) is 30.4. The van der Waals surface area contributed by atoms with Crippen molar-refractivity contribution >= 4 is 45.6 Å². The molecule has 196 valence electrons. The van der Waals surface area contributed by atoms with Crippen LogP contribution in [0.1, 0.15) is 11.3 Å². The first-order valence-electron chi connectivity index (χ1n) is 9.95. The van der Waals surface area contributed by atoms with Gasteiger partial charge in [-0.1, -0.05) is 0 Å². The summed E-state index contributed by atoms with van der Waals surface area (Å²) in [5.74, 6) is -6.52. The SMILES string of the molecule is Cc1cc(NCCc2ccc[n+]([O-])c2)nc(-c2ccc(Br)c(F)c2)n1.O=C(O)C(=O)O.O=C(O)C(=O)O. The summed E-state index contributed by atoms with van der Waals surface area (Å²) >= 11 is 3.14. The lowest BCUT2D eigenvalue weighted by atomic mass is 10.2. The highest BCUT2D eigenvalue weighted by molar-refractivity contribution is 9.10. The van der Waals surface area contributed by atoms with Crippen LogP contribution in [0.15, 0.2) is 53.3 Å². The van der Waals surface area contributed by atoms with Crippen molar-refractivity contribution in [2.45, 2.75) is 13.3 Å². The summed E-state index contributed by atoms with van der Waals surface area (Å²) in [6.07, 6.45) is 3.69. The fraction of sp³-hybridized carbons (Fsp3) is 0.136. The monoisotopic (exact) mass is 582 g/mol. The predicted octanol–water partition coefficient (Wildman–Crippen LogP) is 1.95. The molecule has 0 saturated carbocycles. The Labute approximate surface area is 216 Å². The Kier molecular flexibility index (Phi) is 12.0. The van der Waals surface area contributed by atoms with E-state index in [2.05, 4.69) is 31.2 Å². The Morgan fingerprint density at radius 1 is 1.00 bits per heavy atom. The van der Waals surface area contributed by atoms with Gasteiger partial charge in [0.2, 0.25) is 0 Å². The van der Waals surface area contributed by atoms with Crippen molar-refractivity contribution in [2.75, 3.05) is 11.9 Å². The summed E-state index contributed by atoms with van der Waals surface area (Å²) in [4.78, 5) is 45.2. The standard InChI is InChI=1S/C18H16BrFN4O.2C2H2O4/c1-12-9-17(21-7-6-13-3-2-8-24(25)11-13)23-18(22-12)14-4-5-15(19)16(20)10-14;2*3-1(4)2(5)6/h2-5,8-11H,6-7H2,1H3,(H,21,22,23);2*(H,3,4)(H,5,6). The van der Waals surface area contributed by atoms with E-state index < -0.39 is 23.9 Å². The summed E-state index contributed by atoms with van der Waals surface area (Å²) < 4.78 is 14.9. The molecule has 0 aliphatic heterocycles. The molecule has 0 bridgehead atoms. The molecule has 5 N–H and O–H groups in total. The minimum atomic E-state index is -1.82. The highest BCUT2D eigenvalue weighted by Crippen LogP contribution is 2.23. The number of hydrogen-bond donors (Lipinski definition) is 5. The van der Waals surface area contributed by atoms with Crippen molar-refractivity contribution in [3.05, 3.63) is 75.5 Å². The van der Waals surface area contributed by atoms with Gasteiger partial charge in [-0.25, -0.2) is 33.5 Å². The highest BCUT2D eigenvalue weighted by Gasteiger charge is 2.08. The van der Waals surface area contributed by atoms with Crippen LogP contribution in [-0.2, 0) is 25.6 Å². The molecule has 13 nitrogen and oxygen atoms in total. The molecule has 0 aliphatic carbocycles. The topological polar surface area (TPSA) is 214 Å². The van der Waals surface area contributed by atoms with Crippen LogP contribution in [0.3, 0.4) is 0 Å². The molecule has 1 aromatic carbocycles. The Morgan fingerprint density at radius 3 is 2.11 bits per heavy atom. The van der Waals surface area contributed by atoms with E-state index >= 15 is 0 Å². The molecule has 0 atom stereocenters.